The van der Waals surface area contributed by atoms with Gasteiger partial charge in [-0.1, -0.05) is 13.8 Å². The van der Waals surface area contributed by atoms with Crippen LogP contribution in [0, 0.1) is 14.9 Å². The van der Waals surface area contributed by atoms with Gasteiger partial charge in [0.1, 0.15) is 0 Å². The molecule has 0 aliphatic heterocycles. The van der Waals surface area contributed by atoms with E-state index in [1.54, 1.807) is 0 Å². The van der Waals surface area contributed by atoms with Crippen LogP contribution in [0.25, 0.3) is 0 Å². The summed E-state index contributed by atoms with van der Waals surface area (Å²) < 4.78 is 1.10. The normalized spacial score (nSPS) is 11.0. The van der Waals surface area contributed by atoms with E-state index in [-0.39, 0.29) is 0 Å². The molecule has 0 atom stereocenters. The van der Waals surface area contributed by atoms with Crippen molar-refractivity contribution in [1.82, 2.24) is 4.98 Å². The van der Waals surface area contributed by atoms with Gasteiger partial charge in [-0.3, -0.25) is 4.98 Å². The Morgan fingerprint density at radius 2 is 2.07 bits per heavy atom. The van der Waals surface area contributed by atoms with Crippen molar-refractivity contribution in [2.45, 2.75) is 32.1 Å². The molecule has 2 nitrogen and oxygen atoms in total. The highest BCUT2D eigenvalue weighted by molar-refractivity contribution is 14.1. The summed E-state index contributed by atoms with van der Waals surface area (Å²) >= 11 is 2.22. The second-order valence-electron chi connectivity index (χ2n) is 3.26. The van der Waals surface area contributed by atoms with Crippen LogP contribution in [0.3, 0.4) is 0 Å². The van der Waals surface area contributed by atoms with Gasteiger partial charge in [-0.2, -0.15) is 5.26 Å². The van der Waals surface area contributed by atoms with Crippen molar-refractivity contribution < 1.29 is 0 Å². The standard InChI is InChI=1S/C11H13IN2/c1-3-11(4-2,8-13)10-6-5-9(12)7-14-10/h5-7H,3-4H2,1-2H3. The molecule has 3 heteroatoms. The summed E-state index contributed by atoms with van der Waals surface area (Å²) in [5.74, 6) is 0. The molecule has 0 saturated carbocycles. The van der Waals surface area contributed by atoms with Crippen molar-refractivity contribution in [2.75, 3.05) is 0 Å². The Morgan fingerprint density at radius 1 is 1.43 bits per heavy atom. The molecule has 0 bridgehead atoms. The summed E-state index contributed by atoms with van der Waals surface area (Å²) in [6, 6.07) is 6.34. The lowest BCUT2D eigenvalue weighted by Gasteiger charge is -2.22. The predicted octanol–water partition coefficient (Wildman–Crippen LogP) is 3.27. The van der Waals surface area contributed by atoms with Gasteiger partial charge in [-0.25, -0.2) is 0 Å². The Bertz CT molecular complexity index is 333. The summed E-state index contributed by atoms with van der Waals surface area (Å²) in [7, 11) is 0. The van der Waals surface area contributed by atoms with Crippen LogP contribution in [-0.4, -0.2) is 4.98 Å². The van der Waals surface area contributed by atoms with Crippen LogP contribution >= 0.6 is 22.6 Å². The summed E-state index contributed by atoms with van der Waals surface area (Å²) in [5.41, 5.74) is 0.495. The zero-order valence-corrected chi connectivity index (χ0v) is 10.6. The van der Waals surface area contributed by atoms with Crippen molar-refractivity contribution in [3.8, 4) is 6.07 Å². The van der Waals surface area contributed by atoms with E-state index >= 15 is 0 Å². The largest absolute Gasteiger partial charge is 0.259 e. The van der Waals surface area contributed by atoms with Crippen LogP contribution in [0.1, 0.15) is 32.4 Å². The summed E-state index contributed by atoms with van der Waals surface area (Å²) in [6.45, 7) is 4.07. The molecule has 0 fully saturated rings. The molecule has 0 aliphatic rings. The Kier molecular flexibility index (Phi) is 3.87. The number of hydrogen-bond acceptors (Lipinski definition) is 2. The number of rotatable bonds is 3. The molecule has 74 valence electrons. The highest BCUT2D eigenvalue weighted by Crippen LogP contribution is 2.29. The minimum atomic E-state index is -0.398. The fourth-order valence-electron chi connectivity index (χ4n) is 1.49. The maximum atomic E-state index is 9.21. The van der Waals surface area contributed by atoms with E-state index in [4.69, 9.17) is 0 Å². The number of hydrogen-bond donors (Lipinski definition) is 0. The van der Waals surface area contributed by atoms with Crippen LogP contribution in [0.2, 0.25) is 0 Å². The summed E-state index contributed by atoms with van der Waals surface area (Å²) in [6.07, 6.45) is 3.44. The molecule has 14 heavy (non-hydrogen) atoms. The Balaban J connectivity index is 3.13. The number of halogens is 1. The molecule has 0 N–H and O–H groups in total. The lowest BCUT2D eigenvalue weighted by atomic mass is 9.80. The Labute approximate surface area is 98.5 Å². The van der Waals surface area contributed by atoms with Crippen LogP contribution < -0.4 is 0 Å². The monoisotopic (exact) mass is 300 g/mol. The predicted molar refractivity (Wildman–Crippen MR) is 64.8 cm³/mol. The van der Waals surface area contributed by atoms with Crippen LogP contribution in [0.5, 0.6) is 0 Å². The van der Waals surface area contributed by atoms with E-state index in [0.29, 0.717) is 0 Å². The molecule has 1 aromatic heterocycles. The Morgan fingerprint density at radius 3 is 2.43 bits per heavy atom. The molecular formula is C11H13IN2. The highest BCUT2D eigenvalue weighted by Gasteiger charge is 2.29. The van der Waals surface area contributed by atoms with Crippen molar-refractivity contribution in [2.24, 2.45) is 0 Å². The smallest absolute Gasteiger partial charge is 0.0987 e. The molecule has 0 saturated heterocycles. The lowest BCUT2D eigenvalue weighted by molar-refractivity contribution is 0.496. The van der Waals surface area contributed by atoms with Crippen molar-refractivity contribution in [3.63, 3.8) is 0 Å². The first-order valence-electron chi connectivity index (χ1n) is 4.72. The van der Waals surface area contributed by atoms with Gasteiger partial charge >= 0.3 is 0 Å². The second kappa shape index (κ2) is 4.74. The van der Waals surface area contributed by atoms with Gasteiger partial charge in [-0.15, -0.1) is 0 Å². The first kappa shape index (κ1) is 11.4. The number of nitriles is 1. The maximum absolute atomic E-state index is 9.21. The molecule has 1 heterocycles. The van der Waals surface area contributed by atoms with E-state index in [2.05, 4.69) is 33.6 Å². The van der Waals surface area contributed by atoms with E-state index in [1.165, 1.54) is 0 Å². The number of nitrogens with zero attached hydrogens (tertiary/aromatic N) is 2. The molecule has 0 aromatic carbocycles. The van der Waals surface area contributed by atoms with E-state index in [0.717, 1.165) is 22.1 Å². The number of pyridine rings is 1. The van der Waals surface area contributed by atoms with Gasteiger partial charge in [-0.05, 0) is 47.6 Å². The van der Waals surface area contributed by atoms with Crippen molar-refractivity contribution in [3.05, 3.63) is 27.6 Å². The average Bonchev–Trinajstić information content (AvgIpc) is 2.24. The molecule has 0 radical (unpaired) electrons. The van der Waals surface area contributed by atoms with Gasteiger partial charge in [0.05, 0.1) is 17.2 Å². The first-order valence-corrected chi connectivity index (χ1v) is 5.79. The average molecular weight is 300 g/mol. The van der Waals surface area contributed by atoms with Gasteiger partial charge in [0.25, 0.3) is 0 Å². The third-order valence-electron chi connectivity index (χ3n) is 2.64. The second-order valence-corrected chi connectivity index (χ2v) is 4.51. The lowest BCUT2D eigenvalue weighted by Crippen LogP contribution is -2.23. The summed E-state index contributed by atoms with van der Waals surface area (Å²) in [4.78, 5) is 4.33. The molecule has 0 unspecified atom stereocenters. The minimum absolute atomic E-state index is 0.398. The molecular weight excluding hydrogens is 287 g/mol. The number of aromatic nitrogens is 1. The van der Waals surface area contributed by atoms with Gasteiger partial charge in [0.2, 0.25) is 0 Å². The molecule has 0 amide bonds. The topological polar surface area (TPSA) is 36.7 Å². The van der Waals surface area contributed by atoms with Crippen LogP contribution in [-0.2, 0) is 5.41 Å². The Hall–Kier alpha value is -0.630. The highest BCUT2D eigenvalue weighted by atomic mass is 127. The zero-order chi connectivity index (χ0) is 10.6. The van der Waals surface area contributed by atoms with Gasteiger partial charge < -0.3 is 0 Å². The molecule has 1 rings (SSSR count). The van der Waals surface area contributed by atoms with Gasteiger partial charge in [0.15, 0.2) is 0 Å². The van der Waals surface area contributed by atoms with Gasteiger partial charge in [0, 0.05) is 9.77 Å². The third kappa shape index (κ3) is 2.06. The van der Waals surface area contributed by atoms with Crippen molar-refractivity contribution in [1.29, 1.82) is 5.26 Å². The van der Waals surface area contributed by atoms with E-state index in [9.17, 15) is 5.26 Å². The fourth-order valence-corrected chi connectivity index (χ4v) is 1.81. The molecule has 1 aromatic rings. The third-order valence-corrected chi connectivity index (χ3v) is 3.28. The minimum Gasteiger partial charge on any atom is -0.259 e. The zero-order valence-electron chi connectivity index (χ0n) is 8.42. The quantitative estimate of drug-likeness (QED) is 0.803. The van der Waals surface area contributed by atoms with E-state index < -0.39 is 5.41 Å². The first-order chi connectivity index (χ1) is 6.68. The molecule has 0 aliphatic carbocycles. The maximum Gasteiger partial charge on any atom is 0.0987 e. The summed E-state index contributed by atoms with van der Waals surface area (Å²) in [5, 5.41) is 9.21. The van der Waals surface area contributed by atoms with Crippen LogP contribution in [0.15, 0.2) is 18.3 Å². The molecule has 0 spiro atoms. The van der Waals surface area contributed by atoms with Crippen molar-refractivity contribution >= 4 is 22.6 Å². The van der Waals surface area contributed by atoms with Crippen LogP contribution in [0.4, 0.5) is 0 Å². The fraction of sp³-hybridized carbons (Fsp3) is 0.455. The van der Waals surface area contributed by atoms with E-state index in [1.807, 2.05) is 32.2 Å². The SMILES string of the molecule is CCC(C#N)(CC)c1ccc(I)cn1.